The van der Waals surface area contributed by atoms with Gasteiger partial charge in [0.2, 0.25) is 5.91 Å². The minimum atomic E-state index is 0.0899. The van der Waals surface area contributed by atoms with Gasteiger partial charge in [-0.1, -0.05) is 54.2 Å². The van der Waals surface area contributed by atoms with Gasteiger partial charge in [0.05, 0.1) is 18.6 Å². The van der Waals surface area contributed by atoms with Crippen LogP contribution in [0, 0.1) is 6.92 Å². The standard InChI is InChI=1S/C25H24N4O2S/c1-18-8-2-4-12-21(18)24-26-27-25(29(24)16-20-11-7-15-31-20)32-17-23(30)28-14-6-10-19-9-3-5-13-22(19)28/h2-5,7-9,11-13,15H,6,10,14,16-17H2,1H3. The molecular weight excluding hydrogens is 420 g/mol. The normalized spacial score (nSPS) is 13.2. The van der Waals surface area contributed by atoms with Crippen molar-refractivity contribution in [1.29, 1.82) is 0 Å². The summed E-state index contributed by atoms with van der Waals surface area (Å²) >= 11 is 1.42. The molecule has 1 aliphatic rings. The topological polar surface area (TPSA) is 64.2 Å². The van der Waals surface area contributed by atoms with Crippen LogP contribution in [0.3, 0.4) is 0 Å². The van der Waals surface area contributed by atoms with Gasteiger partial charge in [-0.05, 0) is 49.1 Å². The summed E-state index contributed by atoms with van der Waals surface area (Å²) in [6.07, 6.45) is 3.67. The van der Waals surface area contributed by atoms with E-state index in [0.717, 1.165) is 47.8 Å². The number of para-hydroxylation sites is 1. The van der Waals surface area contributed by atoms with Crippen LogP contribution in [0.5, 0.6) is 0 Å². The van der Waals surface area contributed by atoms with E-state index in [1.54, 1.807) is 6.26 Å². The van der Waals surface area contributed by atoms with E-state index in [0.29, 0.717) is 17.5 Å². The number of rotatable bonds is 6. The Kier molecular flexibility index (Phi) is 5.81. The molecular formula is C25H24N4O2S. The van der Waals surface area contributed by atoms with Gasteiger partial charge in [-0.25, -0.2) is 0 Å². The average Bonchev–Trinajstić information content (AvgIpc) is 3.48. The van der Waals surface area contributed by atoms with Gasteiger partial charge in [0.1, 0.15) is 5.76 Å². The summed E-state index contributed by atoms with van der Waals surface area (Å²) in [5.41, 5.74) is 4.41. The molecule has 4 aromatic rings. The lowest BCUT2D eigenvalue weighted by atomic mass is 10.0. The highest BCUT2D eigenvalue weighted by atomic mass is 32.2. The number of hydrogen-bond acceptors (Lipinski definition) is 5. The van der Waals surface area contributed by atoms with E-state index in [9.17, 15) is 4.79 Å². The summed E-state index contributed by atoms with van der Waals surface area (Å²) < 4.78 is 7.61. The molecule has 0 unspecified atom stereocenters. The summed E-state index contributed by atoms with van der Waals surface area (Å²) in [5.74, 6) is 1.99. The summed E-state index contributed by atoms with van der Waals surface area (Å²) in [4.78, 5) is 15.0. The van der Waals surface area contributed by atoms with Crippen molar-refractivity contribution in [2.45, 2.75) is 31.5 Å². The van der Waals surface area contributed by atoms with Gasteiger partial charge >= 0.3 is 0 Å². The zero-order valence-electron chi connectivity index (χ0n) is 17.9. The number of aromatic nitrogens is 3. The maximum absolute atomic E-state index is 13.1. The summed E-state index contributed by atoms with van der Waals surface area (Å²) in [7, 11) is 0. The Morgan fingerprint density at radius 3 is 2.75 bits per heavy atom. The van der Waals surface area contributed by atoms with E-state index >= 15 is 0 Å². The third-order valence-corrected chi connectivity index (χ3v) is 6.68. The monoisotopic (exact) mass is 444 g/mol. The number of amides is 1. The second-order valence-corrected chi connectivity index (χ2v) is 8.80. The number of fused-ring (bicyclic) bond motifs is 1. The van der Waals surface area contributed by atoms with Crippen LogP contribution in [0.4, 0.5) is 5.69 Å². The molecule has 3 heterocycles. The lowest BCUT2D eigenvalue weighted by Crippen LogP contribution is -2.36. The molecule has 32 heavy (non-hydrogen) atoms. The summed E-state index contributed by atoms with van der Waals surface area (Å²) in [6, 6.07) is 20.1. The Balaban J connectivity index is 1.40. The van der Waals surface area contributed by atoms with Crippen molar-refractivity contribution >= 4 is 23.4 Å². The molecule has 0 saturated heterocycles. The van der Waals surface area contributed by atoms with Crippen molar-refractivity contribution in [2.24, 2.45) is 0 Å². The summed E-state index contributed by atoms with van der Waals surface area (Å²) in [6.45, 7) is 3.32. The lowest BCUT2D eigenvalue weighted by Gasteiger charge is -2.29. The number of carbonyl (C=O) groups is 1. The fourth-order valence-electron chi connectivity index (χ4n) is 4.12. The highest BCUT2D eigenvalue weighted by Gasteiger charge is 2.24. The predicted molar refractivity (Wildman–Crippen MR) is 126 cm³/mol. The highest BCUT2D eigenvalue weighted by molar-refractivity contribution is 7.99. The zero-order chi connectivity index (χ0) is 21.9. The van der Waals surface area contributed by atoms with E-state index in [2.05, 4.69) is 29.3 Å². The van der Waals surface area contributed by atoms with Crippen molar-refractivity contribution in [3.8, 4) is 11.4 Å². The molecule has 0 N–H and O–H groups in total. The quantitative estimate of drug-likeness (QED) is 0.393. The second-order valence-electron chi connectivity index (χ2n) is 7.85. The lowest BCUT2D eigenvalue weighted by molar-refractivity contribution is -0.116. The SMILES string of the molecule is Cc1ccccc1-c1nnc(SCC(=O)N2CCCc3ccccc32)n1Cc1ccco1. The number of hydrogen-bond donors (Lipinski definition) is 0. The molecule has 2 aromatic carbocycles. The van der Waals surface area contributed by atoms with E-state index in [1.807, 2.05) is 58.0 Å². The number of thioether (sulfide) groups is 1. The minimum absolute atomic E-state index is 0.0899. The Morgan fingerprint density at radius 1 is 1.06 bits per heavy atom. The smallest absolute Gasteiger partial charge is 0.237 e. The fraction of sp³-hybridized carbons (Fsp3) is 0.240. The average molecular weight is 445 g/mol. The Labute approximate surface area is 191 Å². The van der Waals surface area contributed by atoms with Crippen LogP contribution in [0.15, 0.2) is 76.5 Å². The van der Waals surface area contributed by atoms with Gasteiger partial charge in [-0.3, -0.25) is 9.36 Å². The van der Waals surface area contributed by atoms with Crippen LogP contribution < -0.4 is 4.90 Å². The first-order valence-electron chi connectivity index (χ1n) is 10.7. The molecule has 0 spiro atoms. The Bertz CT molecular complexity index is 1230. The first kappa shape index (κ1) is 20.6. The van der Waals surface area contributed by atoms with Gasteiger partial charge in [-0.2, -0.15) is 0 Å². The Morgan fingerprint density at radius 2 is 1.91 bits per heavy atom. The van der Waals surface area contributed by atoms with Gasteiger partial charge in [-0.15, -0.1) is 10.2 Å². The van der Waals surface area contributed by atoms with E-state index in [1.165, 1.54) is 17.3 Å². The van der Waals surface area contributed by atoms with Gasteiger partial charge in [0, 0.05) is 17.8 Å². The van der Waals surface area contributed by atoms with Crippen molar-refractivity contribution in [1.82, 2.24) is 14.8 Å². The third kappa shape index (κ3) is 4.08. The van der Waals surface area contributed by atoms with E-state index < -0.39 is 0 Å². The maximum Gasteiger partial charge on any atom is 0.237 e. The molecule has 5 rings (SSSR count). The van der Waals surface area contributed by atoms with Gasteiger partial charge < -0.3 is 9.32 Å². The number of carbonyl (C=O) groups excluding carboxylic acids is 1. The molecule has 0 saturated carbocycles. The number of aryl methyl sites for hydroxylation is 2. The molecule has 2 aromatic heterocycles. The largest absolute Gasteiger partial charge is 0.467 e. The number of furan rings is 1. The van der Waals surface area contributed by atoms with Crippen molar-refractivity contribution in [3.63, 3.8) is 0 Å². The molecule has 162 valence electrons. The van der Waals surface area contributed by atoms with Crippen LogP contribution in [0.2, 0.25) is 0 Å². The van der Waals surface area contributed by atoms with Crippen LogP contribution in [-0.4, -0.2) is 33.0 Å². The minimum Gasteiger partial charge on any atom is -0.467 e. The zero-order valence-corrected chi connectivity index (χ0v) is 18.7. The molecule has 1 amide bonds. The summed E-state index contributed by atoms with van der Waals surface area (Å²) in [5, 5.41) is 9.63. The molecule has 6 nitrogen and oxygen atoms in total. The molecule has 0 bridgehead atoms. The van der Waals surface area contributed by atoms with Crippen molar-refractivity contribution in [3.05, 3.63) is 83.8 Å². The van der Waals surface area contributed by atoms with Crippen molar-refractivity contribution < 1.29 is 9.21 Å². The fourth-order valence-corrected chi connectivity index (χ4v) is 4.93. The predicted octanol–water partition coefficient (Wildman–Crippen LogP) is 4.97. The molecule has 1 aliphatic heterocycles. The molecule has 0 radical (unpaired) electrons. The maximum atomic E-state index is 13.1. The second kappa shape index (κ2) is 9.04. The van der Waals surface area contributed by atoms with Crippen LogP contribution in [0.25, 0.3) is 11.4 Å². The number of nitrogens with zero attached hydrogens (tertiary/aromatic N) is 4. The van der Waals surface area contributed by atoms with Crippen LogP contribution >= 0.6 is 11.8 Å². The third-order valence-electron chi connectivity index (χ3n) is 5.73. The van der Waals surface area contributed by atoms with Crippen LogP contribution in [-0.2, 0) is 17.8 Å². The van der Waals surface area contributed by atoms with Crippen molar-refractivity contribution in [2.75, 3.05) is 17.2 Å². The molecule has 0 aliphatic carbocycles. The first-order valence-corrected chi connectivity index (χ1v) is 11.7. The van der Waals surface area contributed by atoms with Gasteiger partial charge in [0.15, 0.2) is 11.0 Å². The molecule has 7 heteroatoms. The Hall–Kier alpha value is -3.32. The van der Waals surface area contributed by atoms with Gasteiger partial charge in [0.25, 0.3) is 0 Å². The number of benzene rings is 2. The number of anilines is 1. The molecule has 0 fully saturated rings. The van der Waals surface area contributed by atoms with E-state index in [4.69, 9.17) is 4.42 Å². The highest BCUT2D eigenvalue weighted by Crippen LogP contribution is 2.30. The first-order chi connectivity index (χ1) is 15.7. The van der Waals surface area contributed by atoms with Crippen LogP contribution in [0.1, 0.15) is 23.3 Å². The molecule has 0 atom stereocenters. The van der Waals surface area contributed by atoms with E-state index in [-0.39, 0.29) is 5.91 Å².